The van der Waals surface area contributed by atoms with Crippen LogP contribution in [-0.2, 0) is 20.9 Å². The second-order valence-corrected chi connectivity index (χ2v) is 6.49. The minimum Gasteiger partial charge on any atom is -0.469 e. The molecule has 0 saturated heterocycles. The Labute approximate surface area is 133 Å². The standard InChI is InChI=1S/C12H13BrN2O5S/c1-5-9(13)6-4-15(12(18)19)7(3-8(16)20-2)10(17)14-11(6)21-5/h7H,3-4H2,1-2H3,(H,14,17)(H,18,19). The molecular weight excluding hydrogens is 364 g/mol. The molecule has 21 heavy (non-hydrogen) atoms. The topological polar surface area (TPSA) is 95.9 Å². The average Bonchev–Trinajstić information content (AvgIpc) is 2.60. The van der Waals surface area contributed by atoms with Gasteiger partial charge in [0.05, 0.1) is 20.1 Å². The molecule has 1 aromatic heterocycles. The molecule has 1 atom stereocenters. The largest absolute Gasteiger partial charge is 0.469 e. The number of nitrogens with one attached hydrogen (secondary N) is 1. The van der Waals surface area contributed by atoms with E-state index in [4.69, 9.17) is 0 Å². The van der Waals surface area contributed by atoms with Crippen LogP contribution in [0.25, 0.3) is 0 Å². The van der Waals surface area contributed by atoms with Gasteiger partial charge in [-0.15, -0.1) is 11.3 Å². The Bertz CT molecular complexity index is 615. The zero-order chi connectivity index (χ0) is 15.7. The lowest BCUT2D eigenvalue weighted by Crippen LogP contribution is -2.46. The first-order valence-electron chi connectivity index (χ1n) is 6.00. The summed E-state index contributed by atoms with van der Waals surface area (Å²) in [6.07, 6.45) is -1.58. The number of carbonyl (C=O) groups excluding carboxylic acids is 2. The molecule has 2 heterocycles. The Hall–Kier alpha value is -1.61. The zero-order valence-corrected chi connectivity index (χ0v) is 13.7. The number of ether oxygens (including phenoxy) is 1. The summed E-state index contributed by atoms with van der Waals surface area (Å²) in [5, 5.41) is 12.6. The summed E-state index contributed by atoms with van der Waals surface area (Å²) in [5.41, 5.74) is 0.695. The number of hydrogen-bond donors (Lipinski definition) is 2. The Morgan fingerprint density at radius 3 is 2.81 bits per heavy atom. The molecule has 0 fully saturated rings. The van der Waals surface area contributed by atoms with Crippen molar-refractivity contribution >= 4 is 50.2 Å². The lowest BCUT2D eigenvalue weighted by atomic mass is 10.1. The van der Waals surface area contributed by atoms with Crippen molar-refractivity contribution in [2.75, 3.05) is 12.4 Å². The fourth-order valence-corrected chi connectivity index (χ4v) is 3.73. The Kier molecular flexibility index (Phi) is 4.52. The summed E-state index contributed by atoms with van der Waals surface area (Å²) in [6, 6.07) is -1.11. The van der Waals surface area contributed by atoms with Crippen LogP contribution in [0.3, 0.4) is 0 Å². The van der Waals surface area contributed by atoms with Crippen LogP contribution in [-0.4, -0.2) is 41.1 Å². The summed E-state index contributed by atoms with van der Waals surface area (Å²) in [6.45, 7) is 1.89. The highest BCUT2D eigenvalue weighted by molar-refractivity contribution is 9.10. The fourth-order valence-electron chi connectivity index (χ4n) is 2.08. The predicted octanol–water partition coefficient (Wildman–Crippen LogP) is 2.18. The van der Waals surface area contributed by atoms with Gasteiger partial charge in [0.2, 0.25) is 5.91 Å². The molecule has 1 aromatic rings. The van der Waals surface area contributed by atoms with Crippen molar-refractivity contribution in [3.8, 4) is 0 Å². The number of fused-ring (bicyclic) bond motifs is 1. The van der Waals surface area contributed by atoms with Gasteiger partial charge in [-0.2, -0.15) is 0 Å². The second-order valence-electron chi connectivity index (χ2n) is 4.48. The van der Waals surface area contributed by atoms with Crippen molar-refractivity contribution < 1.29 is 24.2 Å². The third kappa shape index (κ3) is 3.03. The van der Waals surface area contributed by atoms with Gasteiger partial charge in [-0.3, -0.25) is 14.5 Å². The molecule has 114 valence electrons. The molecule has 1 aliphatic rings. The Morgan fingerprint density at radius 2 is 2.24 bits per heavy atom. The second kappa shape index (κ2) is 6.02. The molecule has 0 aliphatic carbocycles. The highest BCUT2D eigenvalue weighted by atomic mass is 79.9. The number of esters is 1. The van der Waals surface area contributed by atoms with E-state index in [1.165, 1.54) is 18.4 Å². The van der Waals surface area contributed by atoms with Crippen LogP contribution in [0.15, 0.2) is 4.47 Å². The zero-order valence-electron chi connectivity index (χ0n) is 11.3. The number of rotatable bonds is 2. The van der Waals surface area contributed by atoms with E-state index in [-0.39, 0.29) is 13.0 Å². The lowest BCUT2D eigenvalue weighted by molar-refractivity contribution is -0.143. The van der Waals surface area contributed by atoms with Gasteiger partial charge in [0.15, 0.2) is 0 Å². The average molecular weight is 377 g/mol. The number of carboxylic acid groups (broad SMARTS) is 1. The van der Waals surface area contributed by atoms with Crippen molar-refractivity contribution in [2.45, 2.75) is 25.9 Å². The Morgan fingerprint density at radius 1 is 1.57 bits per heavy atom. The van der Waals surface area contributed by atoms with Gasteiger partial charge < -0.3 is 15.2 Å². The number of thiophene rings is 1. The highest BCUT2D eigenvalue weighted by Crippen LogP contribution is 2.39. The molecule has 9 heteroatoms. The summed E-state index contributed by atoms with van der Waals surface area (Å²) in [4.78, 5) is 37.0. The quantitative estimate of drug-likeness (QED) is 0.771. The number of anilines is 1. The van der Waals surface area contributed by atoms with Gasteiger partial charge in [0.25, 0.3) is 0 Å². The molecule has 0 spiro atoms. The molecule has 1 aliphatic heterocycles. The van der Waals surface area contributed by atoms with Crippen LogP contribution in [0.1, 0.15) is 16.9 Å². The first kappa shape index (κ1) is 15.8. The molecule has 0 aromatic carbocycles. The van der Waals surface area contributed by atoms with Crippen molar-refractivity contribution in [1.29, 1.82) is 0 Å². The monoisotopic (exact) mass is 376 g/mol. The van der Waals surface area contributed by atoms with E-state index in [0.29, 0.717) is 10.6 Å². The molecule has 2 N–H and O–H groups in total. The van der Waals surface area contributed by atoms with Crippen LogP contribution < -0.4 is 5.32 Å². The fraction of sp³-hybridized carbons (Fsp3) is 0.417. The van der Waals surface area contributed by atoms with Crippen LogP contribution in [0.2, 0.25) is 0 Å². The Balaban J connectivity index is 2.40. The molecule has 2 amide bonds. The van der Waals surface area contributed by atoms with Crippen LogP contribution in [0.4, 0.5) is 9.80 Å². The van der Waals surface area contributed by atoms with E-state index >= 15 is 0 Å². The minimum absolute atomic E-state index is 0.0238. The summed E-state index contributed by atoms with van der Waals surface area (Å²) >= 11 is 4.76. The first-order valence-corrected chi connectivity index (χ1v) is 7.61. The van der Waals surface area contributed by atoms with Gasteiger partial charge in [-0.1, -0.05) is 0 Å². The maximum Gasteiger partial charge on any atom is 0.408 e. The molecule has 0 saturated carbocycles. The maximum absolute atomic E-state index is 12.2. The number of carbonyl (C=O) groups is 3. The molecule has 0 radical (unpaired) electrons. The minimum atomic E-state index is -1.26. The normalized spacial score (nSPS) is 17.8. The van der Waals surface area contributed by atoms with Gasteiger partial charge in [0, 0.05) is 14.9 Å². The lowest BCUT2D eigenvalue weighted by Gasteiger charge is -2.24. The summed E-state index contributed by atoms with van der Waals surface area (Å²) < 4.78 is 5.30. The van der Waals surface area contributed by atoms with Crippen molar-refractivity contribution in [1.82, 2.24) is 4.90 Å². The van der Waals surface area contributed by atoms with E-state index in [1.807, 2.05) is 6.92 Å². The number of methoxy groups -OCH3 is 1. The summed E-state index contributed by atoms with van der Waals surface area (Å²) in [7, 11) is 1.19. The van der Waals surface area contributed by atoms with E-state index in [9.17, 15) is 19.5 Å². The maximum atomic E-state index is 12.2. The number of halogens is 1. The molecule has 2 rings (SSSR count). The number of nitrogens with zero attached hydrogens (tertiary/aromatic N) is 1. The van der Waals surface area contributed by atoms with Gasteiger partial charge in [0.1, 0.15) is 11.0 Å². The summed E-state index contributed by atoms with van der Waals surface area (Å²) in [5.74, 6) is -1.17. The third-order valence-electron chi connectivity index (χ3n) is 3.18. The number of hydrogen-bond acceptors (Lipinski definition) is 5. The van der Waals surface area contributed by atoms with Crippen molar-refractivity contribution in [3.63, 3.8) is 0 Å². The van der Waals surface area contributed by atoms with E-state index in [1.54, 1.807) is 0 Å². The van der Waals surface area contributed by atoms with E-state index in [2.05, 4.69) is 26.0 Å². The number of aryl methyl sites for hydroxylation is 1. The SMILES string of the molecule is COC(=O)CC1C(=O)Nc2sc(C)c(Br)c2CN1C(=O)O. The smallest absolute Gasteiger partial charge is 0.408 e. The third-order valence-corrected chi connectivity index (χ3v) is 5.58. The first-order chi connectivity index (χ1) is 9.85. The predicted molar refractivity (Wildman–Crippen MR) is 79.4 cm³/mol. The van der Waals surface area contributed by atoms with Crippen LogP contribution in [0, 0.1) is 6.92 Å². The van der Waals surface area contributed by atoms with E-state index in [0.717, 1.165) is 14.2 Å². The van der Waals surface area contributed by atoms with Crippen molar-refractivity contribution in [2.24, 2.45) is 0 Å². The van der Waals surface area contributed by atoms with Gasteiger partial charge in [-0.05, 0) is 22.9 Å². The van der Waals surface area contributed by atoms with Gasteiger partial charge >= 0.3 is 12.1 Å². The molecular formula is C12H13BrN2O5S. The molecule has 0 bridgehead atoms. The van der Waals surface area contributed by atoms with Crippen molar-refractivity contribution in [3.05, 3.63) is 14.9 Å². The molecule has 7 nitrogen and oxygen atoms in total. The van der Waals surface area contributed by atoms with Crippen LogP contribution in [0.5, 0.6) is 0 Å². The number of amides is 2. The molecule has 1 unspecified atom stereocenters. The van der Waals surface area contributed by atoms with Gasteiger partial charge in [-0.25, -0.2) is 4.79 Å². The highest BCUT2D eigenvalue weighted by Gasteiger charge is 2.37. The van der Waals surface area contributed by atoms with E-state index < -0.39 is 24.0 Å². The van der Waals surface area contributed by atoms with Crippen LogP contribution >= 0.6 is 27.3 Å².